The summed E-state index contributed by atoms with van der Waals surface area (Å²) in [7, 11) is 0. The molecule has 1 aliphatic rings. The van der Waals surface area contributed by atoms with Crippen LogP contribution >= 0.6 is 0 Å². The maximum atomic E-state index is 12.1. The minimum absolute atomic E-state index is 0.0999. The van der Waals surface area contributed by atoms with Crippen molar-refractivity contribution in [1.29, 1.82) is 0 Å². The van der Waals surface area contributed by atoms with Crippen molar-refractivity contribution in [3.05, 3.63) is 30.3 Å². The molecule has 1 aliphatic heterocycles. The highest BCUT2D eigenvalue weighted by molar-refractivity contribution is 5.98. The van der Waals surface area contributed by atoms with E-state index >= 15 is 0 Å². The summed E-state index contributed by atoms with van der Waals surface area (Å²) in [5, 5.41) is 2.73. The van der Waals surface area contributed by atoms with Crippen LogP contribution in [0.1, 0.15) is 27.2 Å². The van der Waals surface area contributed by atoms with Crippen molar-refractivity contribution >= 4 is 17.7 Å². The summed E-state index contributed by atoms with van der Waals surface area (Å²) < 4.78 is 5.31. The molecule has 1 fully saturated rings. The van der Waals surface area contributed by atoms with Crippen LogP contribution < -0.4 is 5.01 Å². The molecule has 5 nitrogen and oxygen atoms in total. The Morgan fingerprint density at radius 3 is 2.42 bits per heavy atom. The third kappa shape index (κ3) is 3.05. The number of amides is 2. The Kier molecular flexibility index (Phi) is 3.46. The van der Waals surface area contributed by atoms with Crippen molar-refractivity contribution < 1.29 is 14.3 Å². The largest absolute Gasteiger partial charge is 0.442 e. The molecular formula is C14H18N2O3. The quantitative estimate of drug-likeness (QED) is 0.781. The van der Waals surface area contributed by atoms with Gasteiger partial charge in [0.05, 0.1) is 12.2 Å². The number of carbonyl (C=O) groups excluding carboxylic acids is 2. The average molecular weight is 262 g/mol. The Morgan fingerprint density at radius 1 is 1.21 bits per heavy atom. The van der Waals surface area contributed by atoms with Crippen molar-refractivity contribution in [1.82, 2.24) is 5.01 Å². The van der Waals surface area contributed by atoms with Crippen molar-refractivity contribution in [2.75, 3.05) is 11.6 Å². The molecule has 0 spiro atoms. The monoisotopic (exact) mass is 262 g/mol. The van der Waals surface area contributed by atoms with Crippen LogP contribution in [0.3, 0.4) is 0 Å². The molecule has 0 N–H and O–H groups in total. The van der Waals surface area contributed by atoms with Gasteiger partial charge in [-0.1, -0.05) is 18.2 Å². The van der Waals surface area contributed by atoms with Gasteiger partial charge in [0.15, 0.2) is 0 Å². The Labute approximate surface area is 112 Å². The van der Waals surface area contributed by atoms with E-state index in [2.05, 4.69) is 0 Å². The van der Waals surface area contributed by atoms with Gasteiger partial charge in [-0.05, 0) is 32.9 Å². The SMILES string of the molecule is CC(C)(C)OC(=O)N1CCC(=O)N1c1ccccc1. The van der Waals surface area contributed by atoms with Crippen LogP contribution in [0.25, 0.3) is 0 Å². The lowest BCUT2D eigenvalue weighted by molar-refractivity contribution is -0.118. The molecule has 0 aliphatic carbocycles. The zero-order valence-corrected chi connectivity index (χ0v) is 11.4. The molecule has 2 amide bonds. The molecule has 0 unspecified atom stereocenters. The second kappa shape index (κ2) is 4.91. The molecule has 102 valence electrons. The van der Waals surface area contributed by atoms with E-state index in [1.54, 1.807) is 32.9 Å². The summed E-state index contributed by atoms with van der Waals surface area (Å²) in [6.07, 6.45) is -0.184. The highest BCUT2D eigenvalue weighted by Gasteiger charge is 2.36. The fraction of sp³-hybridized carbons (Fsp3) is 0.429. The van der Waals surface area contributed by atoms with Crippen LogP contribution in [0, 0.1) is 0 Å². The highest BCUT2D eigenvalue weighted by Crippen LogP contribution is 2.24. The summed E-state index contributed by atoms with van der Waals surface area (Å²) in [5.41, 5.74) is 0.0984. The summed E-state index contributed by atoms with van der Waals surface area (Å²) in [6.45, 7) is 5.75. The molecule has 0 saturated carbocycles. The van der Waals surface area contributed by atoms with E-state index in [1.807, 2.05) is 18.2 Å². The number of carbonyl (C=O) groups is 2. The zero-order valence-electron chi connectivity index (χ0n) is 11.4. The van der Waals surface area contributed by atoms with Crippen LogP contribution in [-0.2, 0) is 9.53 Å². The molecule has 5 heteroatoms. The molecular weight excluding hydrogens is 244 g/mol. The van der Waals surface area contributed by atoms with Crippen LogP contribution in [0.5, 0.6) is 0 Å². The molecule has 0 aromatic heterocycles. The van der Waals surface area contributed by atoms with Gasteiger partial charge in [-0.2, -0.15) is 0 Å². The van der Waals surface area contributed by atoms with Gasteiger partial charge in [-0.25, -0.2) is 14.8 Å². The maximum absolute atomic E-state index is 12.1. The van der Waals surface area contributed by atoms with Crippen molar-refractivity contribution in [3.8, 4) is 0 Å². The Hall–Kier alpha value is -2.04. The van der Waals surface area contributed by atoms with Gasteiger partial charge < -0.3 is 4.74 Å². The van der Waals surface area contributed by atoms with E-state index in [4.69, 9.17) is 4.74 Å². The van der Waals surface area contributed by atoms with Gasteiger partial charge in [0.1, 0.15) is 5.60 Å². The third-order valence-corrected chi connectivity index (χ3v) is 2.62. The molecule has 1 saturated heterocycles. The fourth-order valence-electron chi connectivity index (χ4n) is 1.88. The van der Waals surface area contributed by atoms with E-state index in [0.29, 0.717) is 18.7 Å². The first-order valence-corrected chi connectivity index (χ1v) is 6.27. The van der Waals surface area contributed by atoms with E-state index in [1.165, 1.54) is 10.0 Å². The smallest absolute Gasteiger partial charge is 0.429 e. The predicted octanol–water partition coefficient (Wildman–Crippen LogP) is 2.58. The number of ether oxygens (including phenoxy) is 1. The zero-order chi connectivity index (χ0) is 14.0. The van der Waals surface area contributed by atoms with Gasteiger partial charge in [-0.3, -0.25) is 4.79 Å². The summed E-state index contributed by atoms with van der Waals surface area (Å²) in [5.74, 6) is -0.0999. The Balaban J connectivity index is 2.21. The summed E-state index contributed by atoms with van der Waals surface area (Å²) >= 11 is 0. The molecule has 1 aromatic carbocycles. The third-order valence-electron chi connectivity index (χ3n) is 2.62. The first kappa shape index (κ1) is 13.4. The van der Waals surface area contributed by atoms with Gasteiger partial charge >= 0.3 is 6.09 Å². The lowest BCUT2D eigenvalue weighted by atomic mass is 10.2. The lowest BCUT2D eigenvalue weighted by Gasteiger charge is -2.30. The number of hydrazine groups is 1. The standard InChI is InChI=1S/C14H18N2O3/c1-14(2,3)19-13(18)15-10-9-12(17)16(15)11-7-5-4-6-8-11/h4-8H,9-10H2,1-3H3. The van der Waals surface area contributed by atoms with Crippen LogP contribution in [0.2, 0.25) is 0 Å². The van der Waals surface area contributed by atoms with Gasteiger partial charge in [0.2, 0.25) is 5.91 Å². The summed E-state index contributed by atoms with van der Waals surface area (Å²) in [6, 6.07) is 9.10. The van der Waals surface area contributed by atoms with E-state index < -0.39 is 11.7 Å². The van der Waals surface area contributed by atoms with Crippen molar-refractivity contribution in [2.45, 2.75) is 32.8 Å². The molecule has 0 radical (unpaired) electrons. The molecule has 1 heterocycles. The van der Waals surface area contributed by atoms with Gasteiger partial charge in [-0.15, -0.1) is 0 Å². The van der Waals surface area contributed by atoms with Crippen LogP contribution in [0.4, 0.5) is 10.5 Å². The average Bonchev–Trinajstić information content (AvgIpc) is 2.70. The maximum Gasteiger partial charge on any atom is 0.429 e. The van der Waals surface area contributed by atoms with Gasteiger partial charge in [0, 0.05) is 6.42 Å². The molecule has 0 atom stereocenters. The summed E-state index contributed by atoms with van der Waals surface area (Å²) in [4.78, 5) is 24.0. The first-order valence-electron chi connectivity index (χ1n) is 6.27. The number of benzene rings is 1. The molecule has 0 bridgehead atoms. The van der Waals surface area contributed by atoms with Crippen LogP contribution in [-0.4, -0.2) is 29.2 Å². The fourth-order valence-corrected chi connectivity index (χ4v) is 1.88. The second-order valence-electron chi connectivity index (χ2n) is 5.39. The molecule has 2 rings (SSSR count). The first-order chi connectivity index (χ1) is 8.88. The number of para-hydroxylation sites is 1. The van der Waals surface area contributed by atoms with Gasteiger partial charge in [0.25, 0.3) is 0 Å². The minimum Gasteiger partial charge on any atom is -0.442 e. The Morgan fingerprint density at radius 2 is 1.84 bits per heavy atom. The van der Waals surface area contributed by atoms with E-state index in [9.17, 15) is 9.59 Å². The predicted molar refractivity (Wildman–Crippen MR) is 71.5 cm³/mol. The number of hydrogen-bond donors (Lipinski definition) is 0. The second-order valence-corrected chi connectivity index (χ2v) is 5.39. The lowest BCUT2D eigenvalue weighted by Crippen LogP contribution is -2.45. The minimum atomic E-state index is -0.578. The van der Waals surface area contributed by atoms with E-state index in [0.717, 1.165) is 0 Å². The van der Waals surface area contributed by atoms with E-state index in [-0.39, 0.29) is 5.91 Å². The molecule has 1 aromatic rings. The molecule has 19 heavy (non-hydrogen) atoms. The number of anilines is 1. The number of nitrogens with zero attached hydrogens (tertiary/aromatic N) is 2. The van der Waals surface area contributed by atoms with Crippen LogP contribution in [0.15, 0.2) is 30.3 Å². The Bertz CT molecular complexity index is 479. The van der Waals surface area contributed by atoms with Crippen molar-refractivity contribution in [3.63, 3.8) is 0 Å². The topological polar surface area (TPSA) is 49.9 Å². The highest BCUT2D eigenvalue weighted by atomic mass is 16.6. The number of rotatable bonds is 1. The normalized spacial score (nSPS) is 15.8. The van der Waals surface area contributed by atoms with Crippen molar-refractivity contribution in [2.24, 2.45) is 0 Å². The number of hydrogen-bond acceptors (Lipinski definition) is 3.